The summed E-state index contributed by atoms with van der Waals surface area (Å²) in [6, 6.07) is 0. The number of carbonyl (C=O) groups is 2. The van der Waals surface area contributed by atoms with E-state index in [-0.39, 0.29) is 24.2 Å². The van der Waals surface area contributed by atoms with Gasteiger partial charge in [-0.2, -0.15) is 0 Å². The molecule has 0 bridgehead atoms. The van der Waals surface area contributed by atoms with Gasteiger partial charge in [-0.3, -0.25) is 9.59 Å². The molecule has 0 saturated carbocycles. The van der Waals surface area contributed by atoms with Crippen LogP contribution in [0.1, 0.15) is 20.3 Å². The average molecular weight is 227 g/mol. The topological polar surface area (TPSA) is 55.8 Å². The Balaban J connectivity index is 2.06. The lowest BCUT2D eigenvalue weighted by Crippen LogP contribution is -2.47. The summed E-state index contributed by atoms with van der Waals surface area (Å²) in [6.45, 7) is 5.96. The van der Waals surface area contributed by atoms with Gasteiger partial charge in [-0.1, -0.05) is 0 Å². The quantitative estimate of drug-likeness (QED) is 0.600. The smallest absolute Gasteiger partial charge is 0.307 e. The zero-order chi connectivity index (χ0) is 11.8. The molecule has 0 aromatic carbocycles. The SMILES string of the molecule is CC1(C)OC(=O)C[C@H]1C(=O)N1CCOCC1. The van der Waals surface area contributed by atoms with E-state index >= 15 is 0 Å². The minimum atomic E-state index is -0.674. The van der Waals surface area contributed by atoms with E-state index in [0.29, 0.717) is 26.3 Å². The minimum Gasteiger partial charge on any atom is -0.459 e. The number of nitrogens with zero attached hydrogens (tertiary/aromatic N) is 1. The standard InChI is InChI=1S/C11H17NO4/c1-11(2)8(7-9(13)16-11)10(14)12-3-5-15-6-4-12/h8H,3-7H2,1-2H3/t8-/m0/s1. The summed E-state index contributed by atoms with van der Waals surface area (Å²) in [7, 11) is 0. The molecule has 2 aliphatic heterocycles. The Bertz CT molecular complexity index is 307. The highest BCUT2D eigenvalue weighted by molar-refractivity contribution is 5.87. The van der Waals surface area contributed by atoms with Crippen LogP contribution in [0.3, 0.4) is 0 Å². The van der Waals surface area contributed by atoms with Crippen molar-refractivity contribution in [3.63, 3.8) is 0 Å². The molecule has 90 valence electrons. The summed E-state index contributed by atoms with van der Waals surface area (Å²) >= 11 is 0. The van der Waals surface area contributed by atoms with Gasteiger partial charge in [0, 0.05) is 13.1 Å². The molecule has 0 spiro atoms. The molecule has 5 nitrogen and oxygen atoms in total. The maximum absolute atomic E-state index is 12.2. The van der Waals surface area contributed by atoms with Gasteiger partial charge in [-0.25, -0.2) is 0 Å². The van der Waals surface area contributed by atoms with Crippen LogP contribution in [-0.2, 0) is 19.1 Å². The van der Waals surface area contributed by atoms with Crippen molar-refractivity contribution in [1.82, 2.24) is 4.90 Å². The maximum Gasteiger partial charge on any atom is 0.307 e. The number of hydrogen-bond donors (Lipinski definition) is 0. The molecule has 0 aromatic rings. The number of ether oxygens (including phenoxy) is 2. The lowest BCUT2D eigenvalue weighted by molar-refractivity contribution is -0.150. The maximum atomic E-state index is 12.2. The van der Waals surface area contributed by atoms with Crippen molar-refractivity contribution in [2.75, 3.05) is 26.3 Å². The van der Waals surface area contributed by atoms with Gasteiger partial charge in [0.05, 0.1) is 25.6 Å². The van der Waals surface area contributed by atoms with Crippen LogP contribution >= 0.6 is 0 Å². The molecule has 2 fully saturated rings. The molecule has 2 aliphatic rings. The van der Waals surface area contributed by atoms with Crippen molar-refractivity contribution in [2.45, 2.75) is 25.9 Å². The highest BCUT2D eigenvalue weighted by Gasteiger charge is 2.47. The molecule has 5 heteroatoms. The second-order valence-corrected chi connectivity index (χ2v) is 4.77. The van der Waals surface area contributed by atoms with Crippen LogP contribution in [0.15, 0.2) is 0 Å². The zero-order valence-corrected chi connectivity index (χ0v) is 9.69. The van der Waals surface area contributed by atoms with E-state index in [1.54, 1.807) is 18.7 Å². The first-order valence-corrected chi connectivity index (χ1v) is 5.59. The number of morpholine rings is 1. The summed E-state index contributed by atoms with van der Waals surface area (Å²) in [5, 5.41) is 0. The van der Waals surface area contributed by atoms with E-state index in [1.807, 2.05) is 0 Å². The van der Waals surface area contributed by atoms with Crippen molar-refractivity contribution >= 4 is 11.9 Å². The first kappa shape index (κ1) is 11.4. The number of cyclic esters (lactones) is 1. The Morgan fingerprint density at radius 2 is 2.00 bits per heavy atom. The Labute approximate surface area is 94.7 Å². The van der Waals surface area contributed by atoms with Crippen LogP contribution < -0.4 is 0 Å². The molecular formula is C11H17NO4. The van der Waals surface area contributed by atoms with E-state index < -0.39 is 5.60 Å². The summed E-state index contributed by atoms with van der Waals surface area (Å²) in [5.41, 5.74) is -0.674. The molecule has 1 atom stereocenters. The predicted molar refractivity (Wildman–Crippen MR) is 55.7 cm³/mol. The first-order valence-electron chi connectivity index (χ1n) is 5.59. The molecule has 16 heavy (non-hydrogen) atoms. The molecule has 0 aromatic heterocycles. The molecule has 2 heterocycles. The number of carbonyl (C=O) groups excluding carboxylic acids is 2. The van der Waals surface area contributed by atoms with E-state index in [0.717, 1.165) is 0 Å². The highest BCUT2D eigenvalue weighted by atomic mass is 16.6. The summed E-state index contributed by atoms with van der Waals surface area (Å²) in [5.74, 6) is -0.617. The van der Waals surface area contributed by atoms with E-state index in [1.165, 1.54) is 0 Å². The molecular weight excluding hydrogens is 210 g/mol. The van der Waals surface area contributed by atoms with Crippen molar-refractivity contribution < 1.29 is 19.1 Å². The number of rotatable bonds is 1. The van der Waals surface area contributed by atoms with Crippen molar-refractivity contribution in [1.29, 1.82) is 0 Å². The van der Waals surface area contributed by atoms with Crippen LogP contribution in [0.2, 0.25) is 0 Å². The van der Waals surface area contributed by atoms with Crippen LogP contribution in [0.4, 0.5) is 0 Å². The van der Waals surface area contributed by atoms with E-state index in [9.17, 15) is 9.59 Å². The molecule has 0 unspecified atom stereocenters. The fourth-order valence-corrected chi connectivity index (χ4v) is 2.21. The van der Waals surface area contributed by atoms with Gasteiger partial charge < -0.3 is 14.4 Å². The van der Waals surface area contributed by atoms with Gasteiger partial charge in [0.1, 0.15) is 5.60 Å². The third-order valence-electron chi connectivity index (χ3n) is 3.21. The lowest BCUT2D eigenvalue weighted by atomic mass is 9.89. The summed E-state index contributed by atoms with van der Waals surface area (Å²) in [6.07, 6.45) is 0.198. The van der Waals surface area contributed by atoms with Crippen LogP contribution in [0.5, 0.6) is 0 Å². The Morgan fingerprint density at radius 3 is 2.50 bits per heavy atom. The number of amides is 1. The second-order valence-electron chi connectivity index (χ2n) is 4.77. The largest absolute Gasteiger partial charge is 0.459 e. The van der Waals surface area contributed by atoms with Crippen LogP contribution in [-0.4, -0.2) is 48.7 Å². The van der Waals surface area contributed by atoms with Gasteiger partial charge >= 0.3 is 5.97 Å². The third kappa shape index (κ3) is 2.04. The van der Waals surface area contributed by atoms with Crippen LogP contribution in [0, 0.1) is 5.92 Å². The minimum absolute atomic E-state index is 0.0131. The lowest BCUT2D eigenvalue weighted by Gasteiger charge is -2.32. The Kier molecular flexibility index (Phi) is 2.88. The van der Waals surface area contributed by atoms with Gasteiger partial charge in [-0.05, 0) is 13.8 Å². The predicted octanol–water partition coefficient (Wildman–Crippen LogP) is 0.187. The Hall–Kier alpha value is -1.10. The fraction of sp³-hybridized carbons (Fsp3) is 0.818. The van der Waals surface area contributed by atoms with Gasteiger partial charge in [0.25, 0.3) is 0 Å². The number of hydrogen-bond acceptors (Lipinski definition) is 4. The molecule has 0 aliphatic carbocycles. The van der Waals surface area contributed by atoms with Crippen molar-refractivity contribution in [3.05, 3.63) is 0 Å². The molecule has 0 N–H and O–H groups in total. The molecule has 2 rings (SSSR count). The van der Waals surface area contributed by atoms with Crippen molar-refractivity contribution in [2.24, 2.45) is 5.92 Å². The monoisotopic (exact) mass is 227 g/mol. The van der Waals surface area contributed by atoms with Crippen molar-refractivity contribution in [3.8, 4) is 0 Å². The molecule has 1 amide bonds. The zero-order valence-electron chi connectivity index (χ0n) is 9.69. The fourth-order valence-electron chi connectivity index (χ4n) is 2.21. The van der Waals surface area contributed by atoms with Crippen LogP contribution in [0.25, 0.3) is 0 Å². The van der Waals surface area contributed by atoms with Gasteiger partial charge in [0.15, 0.2) is 0 Å². The normalized spacial score (nSPS) is 29.0. The summed E-state index contributed by atoms with van der Waals surface area (Å²) < 4.78 is 10.3. The van der Waals surface area contributed by atoms with Gasteiger partial charge in [-0.15, -0.1) is 0 Å². The molecule has 0 radical (unpaired) electrons. The average Bonchev–Trinajstić information content (AvgIpc) is 2.52. The highest BCUT2D eigenvalue weighted by Crippen LogP contribution is 2.33. The summed E-state index contributed by atoms with van der Waals surface area (Å²) in [4.78, 5) is 25.2. The number of esters is 1. The molecule has 2 saturated heterocycles. The second kappa shape index (κ2) is 4.05. The Morgan fingerprint density at radius 1 is 1.38 bits per heavy atom. The van der Waals surface area contributed by atoms with Gasteiger partial charge in [0.2, 0.25) is 5.91 Å². The van der Waals surface area contributed by atoms with E-state index in [4.69, 9.17) is 9.47 Å². The first-order chi connectivity index (χ1) is 7.50. The van der Waals surface area contributed by atoms with E-state index in [2.05, 4.69) is 0 Å². The third-order valence-corrected chi connectivity index (χ3v) is 3.21.